The highest BCUT2D eigenvalue weighted by Crippen LogP contribution is 2.37. The van der Waals surface area contributed by atoms with Crippen molar-refractivity contribution in [3.8, 4) is 0 Å². The Morgan fingerprint density at radius 2 is 1.76 bits per heavy atom. The van der Waals surface area contributed by atoms with Crippen LogP contribution in [0.1, 0.15) is 51.4 Å². The van der Waals surface area contributed by atoms with Gasteiger partial charge in [0.25, 0.3) is 0 Å². The highest BCUT2D eigenvalue weighted by Gasteiger charge is 2.35. The molecule has 0 amide bonds. The van der Waals surface area contributed by atoms with Crippen molar-refractivity contribution in [3.05, 3.63) is 0 Å². The van der Waals surface area contributed by atoms with E-state index in [4.69, 9.17) is 0 Å². The quantitative estimate of drug-likeness (QED) is 0.807. The van der Waals surface area contributed by atoms with E-state index in [1.54, 1.807) is 0 Å². The van der Waals surface area contributed by atoms with Gasteiger partial charge in [-0.25, -0.2) is 0 Å². The maximum Gasteiger partial charge on any atom is 0.00675 e. The molecule has 2 saturated heterocycles. The van der Waals surface area contributed by atoms with Crippen molar-refractivity contribution in [2.45, 2.75) is 57.4 Å². The lowest BCUT2D eigenvalue weighted by atomic mass is 10.0. The third-order valence-corrected chi connectivity index (χ3v) is 5.24. The Balaban J connectivity index is 1.32. The first kappa shape index (κ1) is 12.0. The molecule has 3 fully saturated rings. The summed E-state index contributed by atoms with van der Waals surface area (Å²) in [4.78, 5) is 2.75. The van der Waals surface area contributed by atoms with Gasteiger partial charge in [0.1, 0.15) is 0 Å². The first-order valence-electron chi connectivity index (χ1n) is 7.87. The van der Waals surface area contributed by atoms with E-state index >= 15 is 0 Å². The molecule has 0 aromatic carbocycles. The van der Waals surface area contributed by atoms with Crippen LogP contribution in [-0.4, -0.2) is 37.1 Å². The lowest BCUT2D eigenvalue weighted by Gasteiger charge is -2.24. The normalized spacial score (nSPS) is 38.5. The SMILES string of the molecule is C1CCC(CCCN2CC3CCCC3C2)NC1. The molecule has 3 atom stereocenters. The summed E-state index contributed by atoms with van der Waals surface area (Å²) in [6.45, 7) is 5.47. The fourth-order valence-corrected chi connectivity index (χ4v) is 4.25. The van der Waals surface area contributed by atoms with E-state index in [0.717, 1.165) is 17.9 Å². The van der Waals surface area contributed by atoms with Gasteiger partial charge in [-0.1, -0.05) is 12.8 Å². The summed E-state index contributed by atoms with van der Waals surface area (Å²) >= 11 is 0. The zero-order chi connectivity index (χ0) is 11.5. The number of fused-ring (bicyclic) bond motifs is 1. The van der Waals surface area contributed by atoms with Crippen LogP contribution in [0.4, 0.5) is 0 Å². The van der Waals surface area contributed by atoms with Crippen molar-refractivity contribution < 1.29 is 0 Å². The number of hydrogen-bond donors (Lipinski definition) is 1. The minimum atomic E-state index is 0.839. The highest BCUT2D eigenvalue weighted by atomic mass is 15.2. The molecule has 98 valence electrons. The fraction of sp³-hybridized carbons (Fsp3) is 1.00. The number of nitrogens with one attached hydrogen (secondary N) is 1. The smallest absolute Gasteiger partial charge is 0.00675 e. The molecule has 0 bridgehead atoms. The van der Waals surface area contributed by atoms with Gasteiger partial charge in [-0.3, -0.25) is 0 Å². The van der Waals surface area contributed by atoms with Crippen molar-refractivity contribution in [1.82, 2.24) is 10.2 Å². The number of piperidine rings is 1. The van der Waals surface area contributed by atoms with E-state index in [0.29, 0.717) is 0 Å². The highest BCUT2D eigenvalue weighted by molar-refractivity contribution is 4.88. The van der Waals surface area contributed by atoms with Crippen LogP contribution in [0.5, 0.6) is 0 Å². The van der Waals surface area contributed by atoms with Gasteiger partial charge in [0.2, 0.25) is 0 Å². The second-order valence-electron chi connectivity index (χ2n) is 6.50. The van der Waals surface area contributed by atoms with E-state index in [1.165, 1.54) is 77.5 Å². The first-order valence-corrected chi connectivity index (χ1v) is 7.87. The summed E-state index contributed by atoms with van der Waals surface area (Å²) in [6, 6.07) is 0.839. The molecule has 2 nitrogen and oxygen atoms in total. The zero-order valence-corrected chi connectivity index (χ0v) is 11.2. The summed E-state index contributed by atoms with van der Waals surface area (Å²) < 4.78 is 0. The van der Waals surface area contributed by atoms with Gasteiger partial charge >= 0.3 is 0 Å². The maximum absolute atomic E-state index is 3.67. The van der Waals surface area contributed by atoms with Gasteiger partial charge < -0.3 is 10.2 Å². The maximum atomic E-state index is 3.67. The lowest BCUT2D eigenvalue weighted by molar-refractivity contribution is 0.287. The molecular formula is C15H28N2. The van der Waals surface area contributed by atoms with Crippen LogP contribution in [0.25, 0.3) is 0 Å². The van der Waals surface area contributed by atoms with Crippen LogP contribution in [0.15, 0.2) is 0 Å². The Labute approximate surface area is 106 Å². The molecule has 2 aliphatic heterocycles. The molecule has 3 rings (SSSR count). The van der Waals surface area contributed by atoms with Gasteiger partial charge in [-0.2, -0.15) is 0 Å². The summed E-state index contributed by atoms with van der Waals surface area (Å²) in [5.41, 5.74) is 0. The Morgan fingerprint density at radius 1 is 0.941 bits per heavy atom. The molecule has 1 saturated carbocycles. The molecule has 2 heteroatoms. The molecule has 0 aromatic rings. The Hall–Kier alpha value is -0.0800. The average Bonchev–Trinajstić information content (AvgIpc) is 2.91. The summed E-state index contributed by atoms with van der Waals surface area (Å²) in [5, 5.41) is 3.67. The van der Waals surface area contributed by atoms with Crippen molar-refractivity contribution in [2.24, 2.45) is 11.8 Å². The van der Waals surface area contributed by atoms with Gasteiger partial charge in [0.05, 0.1) is 0 Å². The molecule has 0 radical (unpaired) electrons. The second kappa shape index (κ2) is 5.71. The lowest BCUT2D eigenvalue weighted by Crippen LogP contribution is -2.34. The standard InChI is InChI=1S/C15H28N2/c1-2-9-16-15(7-1)8-4-10-17-11-13-5-3-6-14(13)12-17/h13-16H,1-12H2. The number of nitrogens with zero attached hydrogens (tertiary/aromatic N) is 1. The molecule has 0 spiro atoms. The molecule has 1 N–H and O–H groups in total. The van der Waals surface area contributed by atoms with Crippen LogP contribution in [-0.2, 0) is 0 Å². The summed E-state index contributed by atoms with van der Waals surface area (Å²) in [5.74, 6) is 2.14. The Morgan fingerprint density at radius 3 is 2.47 bits per heavy atom. The van der Waals surface area contributed by atoms with E-state index < -0.39 is 0 Å². The van der Waals surface area contributed by atoms with Gasteiger partial charge in [0, 0.05) is 19.1 Å². The molecule has 3 unspecified atom stereocenters. The van der Waals surface area contributed by atoms with Gasteiger partial charge in [-0.05, 0) is 63.5 Å². The largest absolute Gasteiger partial charge is 0.314 e. The van der Waals surface area contributed by atoms with Crippen LogP contribution in [0.3, 0.4) is 0 Å². The number of rotatable bonds is 4. The summed E-state index contributed by atoms with van der Waals surface area (Å²) in [6.07, 6.45) is 11.6. The molecule has 2 heterocycles. The average molecular weight is 236 g/mol. The molecule has 17 heavy (non-hydrogen) atoms. The molecule has 3 aliphatic rings. The summed E-state index contributed by atoms with van der Waals surface area (Å²) in [7, 11) is 0. The Bertz CT molecular complexity index is 223. The minimum absolute atomic E-state index is 0.839. The fourth-order valence-electron chi connectivity index (χ4n) is 4.25. The predicted molar refractivity (Wildman–Crippen MR) is 72.1 cm³/mol. The van der Waals surface area contributed by atoms with E-state index in [2.05, 4.69) is 10.2 Å². The Kier molecular flexibility index (Phi) is 4.02. The molecule has 1 aliphatic carbocycles. The van der Waals surface area contributed by atoms with E-state index in [9.17, 15) is 0 Å². The topological polar surface area (TPSA) is 15.3 Å². The van der Waals surface area contributed by atoms with Crippen molar-refractivity contribution in [2.75, 3.05) is 26.2 Å². The van der Waals surface area contributed by atoms with Crippen molar-refractivity contribution >= 4 is 0 Å². The van der Waals surface area contributed by atoms with Crippen LogP contribution in [0, 0.1) is 11.8 Å². The van der Waals surface area contributed by atoms with Gasteiger partial charge in [-0.15, -0.1) is 0 Å². The number of hydrogen-bond acceptors (Lipinski definition) is 2. The monoisotopic (exact) mass is 236 g/mol. The molecular weight excluding hydrogens is 208 g/mol. The van der Waals surface area contributed by atoms with Crippen molar-refractivity contribution in [1.29, 1.82) is 0 Å². The zero-order valence-electron chi connectivity index (χ0n) is 11.2. The predicted octanol–water partition coefficient (Wildman–Crippen LogP) is 2.64. The van der Waals surface area contributed by atoms with E-state index in [1.807, 2.05) is 0 Å². The van der Waals surface area contributed by atoms with E-state index in [-0.39, 0.29) is 0 Å². The van der Waals surface area contributed by atoms with Crippen LogP contribution < -0.4 is 5.32 Å². The van der Waals surface area contributed by atoms with Crippen molar-refractivity contribution in [3.63, 3.8) is 0 Å². The molecule has 0 aromatic heterocycles. The first-order chi connectivity index (χ1) is 8.42. The number of likely N-dealkylation sites (tertiary alicyclic amines) is 1. The van der Waals surface area contributed by atoms with Gasteiger partial charge in [0.15, 0.2) is 0 Å². The third-order valence-electron chi connectivity index (χ3n) is 5.24. The second-order valence-corrected chi connectivity index (χ2v) is 6.50. The van der Waals surface area contributed by atoms with Crippen LogP contribution in [0.2, 0.25) is 0 Å². The van der Waals surface area contributed by atoms with Crippen LogP contribution >= 0.6 is 0 Å². The third kappa shape index (κ3) is 3.03. The minimum Gasteiger partial charge on any atom is -0.314 e.